The molecule has 1 fully saturated rings. The van der Waals surface area contributed by atoms with Crippen LogP contribution in [0.5, 0.6) is 0 Å². The fraction of sp³-hybridized carbons (Fsp3) is 0.375. The lowest BCUT2D eigenvalue weighted by molar-refractivity contribution is -0.0412. The molecule has 0 aliphatic carbocycles. The predicted octanol–water partition coefficient (Wildman–Crippen LogP) is 3.30. The molecule has 2 heterocycles. The Kier molecular flexibility index (Phi) is 3.40. The van der Waals surface area contributed by atoms with Crippen LogP contribution in [0, 0.1) is 13.8 Å². The summed E-state index contributed by atoms with van der Waals surface area (Å²) in [6.07, 6.45) is 0.172. The van der Waals surface area contributed by atoms with Gasteiger partial charge in [0, 0.05) is 18.7 Å². The summed E-state index contributed by atoms with van der Waals surface area (Å²) in [6.45, 7) is 5.67. The number of ether oxygens (including phenoxy) is 1. The van der Waals surface area contributed by atoms with Crippen LogP contribution in [-0.2, 0) is 4.74 Å². The molecule has 3 nitrogen and oxygen atoms in total. The van der Waals surface area contributed by atoms with Gasteiger partial charge in [-0.3, -0.25) is 0 Å². The molecular formula is C16H19NO2. The fourth-order valence-corrected chi connectivity index (χ4v) is 2.66. The van der Waals surface area contributed by atoms with Gasteiger partial charge in [0.05, 0.1) is 12.2 Å². The standard InChI is InChI=1S/C16H19NO2/c1-11-8-14(12(2)18-11)16-10-17-9-15(19-16)13-6-4-3-5-7-13/h3-8,15-17H,9-10H2,1-2H3. The Morgan fingerprint density at radius 2 is 1.79 bits per heavy atom. The SMILES string of the molecule is Cc1cc(C2CNCC(c3ccccc3)O2)c(C)o1. The first-order chi connectivity index (χ1) is 9.24. The number of hydrogen-bond acceptors (Lipinski definition) is 3. The second-order valence-corrected chi connectivity index (χ2v) is 5.05. The molecular weight excluding hydrogens is 238 g/mol. The molecule has 2 aromatic rings. The van der Waals surface area contributed by atoms with Crippen molar-refractivity contribution in [2.24, 2.45) is 0 Å². The lowest BCUT2D eigenvalue weighted by Crippen LogP contribution is -2.36. The van der Waals surface area contributed by atoms with Crippen molar-refractivity contribution < 1.29 is 9.15 Å². The quantitative estimate of drug-likeness (QED) is 0.896. The molecule has 19 heavy (non-hydrogen) atoms. The van der Waals surface area contributed by atoms with E-state index in [4.69, 9.17) is 9.15 Å². The van der Waals surface area contributed by atoms with Crippen molar-refractivity contribution in [3.05, 3.63) is 59.0 Å². The van der Waals surface area contributed by atoms with Crippen LogP contribution < -0.4 is 5.32 Å². The zero-order valence-electron chi connectivity index (χ0n) is 11.3. The minimum Gasteiger partial charge on any atom is -0.466 e. The van der Waals surface area contributed by atoms with Gasteiger partial charge in [0.2, 0.25) is 0 Å². The van der Waals surface area contributed by atoms with Crippen LogP contribution in [0.15, 0.2) is 40.8 Å². The van der Waals surface area contributed by atoms with Gasteiger partial charge in [0.1, 0.15) is 11.5 Å². The van der Waals surface area contributed by atoms with E-state index in [2.05, 4.69) is 35.6 Å². The summed E-state index contributed by atoms with van der Waals surface area (Å²) in [7, 11) is 0. The van der Waals surface area contributed by atoms with E-state index in [-0.39, 0.29) is 12.2 Å². The Labute approximate surface area is 113 Å². The van der Waals surface area contributed by atoms with Gasteiger partial charge in [-0.2, -0.15) is 0 Å². The summed E-state index contributed by atoms with van der Waals surface area (Å²) in [4.78, 5) is 0. The third-order valence-corrected chi connectivity index (χ3v) is 3.59. The lowest BCUT2D eigenvalue weighted by atomic mass is 10.0. The molecule has 2 atom stereocenters. The van der Waals surface area contributed by atoms with Gasteiger partial charge in [0.25, 0.3) is 0 Å². The molecule has 1 aromatic carbocycles. The number of rotatable bonds is 2. The summed E-state index contributed by atoms with van der Waals surface area (Å²) in [5, 5.41) is 3.45. The Morgan fingerprint density at radius 3 is 2.47 bits per heavy atom. The first-order valence-corrected chi connectivity index (χ1v) is 6.72. The van der Waals surface area contributed by atoms with Crippen LogP contribution in [0.2, 0.25) is 0 Å². The van der Waals surface area contributed by atoms with Crippen LogP contribution >= 0.6 is 0 Å². The summed E-state index contributed by atoms with van der Waals surface area (Å²) in [5.41, 5.74) is 2.38. The van der Waals surface area contributed by atoms with Crippen LogP contribution in [0.4, 0.5) is 0 Å². The average molecular weight is 257 g/mol. The molecule has 1 aromatic heterocycles. The van der Waals surface area contributed by atoms with Gasteiger partial charge in [0.15, 0.2) is 0 Å². The van der Waals surface area contributed by atoms with E-state index in [1.807, 2.05) is 19.9 Å². The second kappa shape index (κ2) is 5.19. The summed E-state index contributed by atoms with van der Waals surface area (Å²) < 4.78 is 11.8. The van der Waals surface area contributed by atoms with Crippen LogP contribution in [-0.4, -0.2) is 13.1 Å². The molecule has 0 amide bonds. The van der Waals surface area contributed by atoms with Crippen molar-refractivity contribution in [2.75, 3.05) is 13.1 Å². The minimum absolute atomic E-state index is 0.0661. The molecule has 1 aliphatic heterocycles. The van der Waals surface area contributed by atoms with Crippen molar-refractivity contribution in [1.29, 1.82) is 0 Å². The number of morpholine rings is 1. The first kappa shape index (κ1) is 12.5. The monoisotopic (exact) mass is 257 g/mol. The van der Waals surface area contributed by atoms with Crippen molar-refractivity contribution in [3.8, 4) is 0 Å². The topological polar surface area (TPSA) is 34.4 Å². The molecule has 1 aliphatic rings. The van der Waals surface area contributed by atoms with Crippen molar-refractivity contribution >= 4 is 0 Å². The van der Waals surface area contributed by atoms with E-state index >= 15 is 0 Å². The normalized spacial score (nSPS) is 23.5. The third kappa shape index (κ3) is 2.57. The molecule has 0 radical (unpaired) electrons. The lowest BCUT2D eigenvalue weighted by Gasteiger charge is -2.31. The summed E-state index contributed by atoms with van der Waals surface area (Å²) >= 11 is 0. The smallest absolute Gasteiger partial charge is 0.106 e. The Balaban J connectivity index is 1.80. The Morgan fingerprint density at radius 1 is 1.05 bits per heavy atom. The van der Waals surface area contributed by atoms with Crippen molar-refractivity contribution in [2.45, 2.75) is 26.1 Å². The number of nitrogens with one attached hydrogen (secondary N) is 1. The van der Waals surface area contributed by atoms with Gasteiger partial charge < -0.3 is 14.5 Å². The van der Waals surface area contributed by atoms with Gasteiger partial charge in [-0.05, 0) is 25.5 Å². The van der Waals surface area contributed by atoms with Gasteiger partial charge in [-0.25, -0.2) is 0 Å². The van der Waals surface area contributed by atoms with Gasteiger partial charge in [-0.15, -0.1) is 0 Å². The van der Waals surface area contributed by atoms with E-state index in [0.29, 0.717) is 0 Å². The predicted molar refractivity (Wildman–Crippen MR) is 74.1 cm³/mol. The minimum atomic E-state index is 0.0661. The first-order valence-electron chi connectivity index (χ1n) is 6.72. The third-order valence-electron chi connectivity index (χ3n) is 3.59. The zero-order valence-corrected chi connectivity index (χ0v) is 11.3. The van der Waals surface area contributed by atoms with Crippen LogP contribution in [0.3, 0.4) is 0 Å². The number of furan rings is 1. The summed E-state index contributed by atoms with van der Waals surface area (Å²) in [6, 6.07) is 12.4. The average Bonchev–Trinajstić information content (AvgIpc) is 2.79. The zero-order chi connectivity index (χ0) is 13.2. The Bertz CT molecular complexity index is 547. The number of benzene rings is 1. The molecule has 1 N–H and O–H groups in total. The number of aryl methyl sites for hydroxylation is 2. The van der Waals surface area contributed by atoms with E-state index in [1.165, 1.54) is 5.56 Å². The Hall–Kier alpha value is -1.58. The fourth-order valence-electron chi connectivity index (χ4n) is 2.66. The van der Waals surface area contributed by atoms with Gasteiger partial charge in [-0.1, -0.05) is 30.3 Å². The van der Waals surface area contributed by atoms with E-state index < -0.39 is 0 Å². The van der Waals surface area contributed by atoms with E-state index in [0.717, 1.165) is 30.2 Å². The molecule has 3 rings (SSSR count). The van der Waals surface area contributed by atoms with E-state index in [9.17, 15) is 0 Å². The van der Waals surface area contributed by atoms with Crippen molar-refractivity contribution in [1.82, 2.24) is 5.32 Å². The molecule has 3 heteroatoms. The molecule has 1 saturated heterocycles. The summed E-state index contributed by atoms with van der Waals surface area (Å²) in [5.74, 6) is 1.90. The largest absolute Gasteiger partial charge is 0.466 e. The molecule has 2 unspecified atom stereocenters. The highest BCUT2D eigenvalue weighted by molar-refractivity contribution is 5.25. The van der Waals surface area contributed by atoms with Gasteiger partial charge >= 0.3 is 0 Å². The molecule has 0 spiro atoms. The van der Waals surface area contributed by atoms with E-state index in [1.54, 1.807) is 0 Å². The van der Waals surface area contributed by atoms with Crippen LogP contribution in [0.1, 0.15) is 34.9 Å². The molecule has 100 valence electrons. The molecule has 0 saturated carbocycles. The highest BCUT2D eigenvalue weighted by Crippen LogP contribution is 2.32. The maximum absolute atomic E-state index is 6.23. The maximum atomic E-state index is 6.23. The second-order valence-electron chi connectivity index (χ2n) is 5.05. The maximum Gasteiger partial charge on any atom is 0.106 e. The van der Waals surface area contributed by atoms with Crippen LogP contribution in [0.25, 0.3) is 0 Å². The highest BCUT2D eigenvalue weighted by atomic mass is 16.5. The molecule has 0 bridgehead atoms. The highest BCUT2D eigenvalue weighted by Gasteiger charge is 2.26. The number of hydrogen-bond donors (Lipinski definition) is 1. The van der Waals surface area contributed by atoms with Crippen molar-refractivity contribution in [3.63, 3.8) is 0 Å².